The van der Waals surface area contributed by atoms with E-state index in [9.17, 15) is 9.90 Å². The minimum absolute atomic E-state index is 0.192. The molecule has 1 N–H and O–H groups in total. The van der Waals surface area contributed by atoms with Gasteiger partial charge in [0.1, 0.15) is 29.3 Å². The quantitative estimate of drug-likeness (QED) is 0.773. The molecule has 0 aromatic heterocycles. The van der Waals surface area contributed by atoms with Crippen molar-refractivity contribution in [3.8, 4) is 0 Å². The Morgan fingerprint density at radius 3 is 2.63 bits per heavy atom. The Kier molecular flexibility index (Phi) is 7.06. The molecule has 1 amide bonds. The number of benzene rings is 1. The lowest BCUT2D eigenvalue weighted by Crippen LogP contribution is -2.57. The van der Waals surface area contributed by atoms with E-state index in [2.05, 4.69) is 4.99 Å². The van der Waals surface area contributed by atoms with Crippen LogP contribution in [-0.2, 0) is 20.8 Å². The number of carbonyl (C=O) groups is 1. The number of nitrogens with zero attached hydrogens (tertiary/aromatic N) is 2. The summed E-state index contributed by atoms with van der Waals surface area (Å²) in [6.45, 7) is 7.04. The number of halogens is 1. The number of amides is 1. The largest absolute Gasteiger partial charge is 0.443 e. The first-order valence-electron chi connectivity index (χ1n) is 9.91. The Hall–Kier alpha value is -1.68. The molecule has 0 saturated carbocycles. The van der Waals surface area contributed by atoms with E-state index < -0.39 is 47.7 Å². The molecule has 1 unspecified atom stereocenters. The molecule has 166 valence electrons. The van der Waals surface area contributed by atoms with Gasteiger partial charge in [0.05, 0.1) is 12.7 Å². The summed E-state index contributed by atoms with van der Waals surface area (Å²) in [5.74, 6) is 0. The third-order valence-corrected chi connectivity index (χ3v) is 5.94. The van der Waals surface area contributed by atoms with Crippen LogP contribution in [0.1, 0.15) is 33.3 Å². The van der Waals surface area contributed by atoms with Gasteiger partial charge in [0.15, 0.2) is 11.3 Å². The Morgan fingerprint density at radius 2 is 2.03 bits per heavy atom. The van der Waals surface area contributed by atoms with Crippen molar-refractivity contribution < 1.29 is 28.5 Å². The number of aliphatic hydroxyl groups is 1. The highest BCUT2D eigenvalue weighted by Gasteiger charge is 2.52. The predicted molar refractivity (Wildman–Crippen MR) is 113 cm³/mol. The van der Waals surface area contributed by atoms with Gasteiger partial charge in [-0.3, -0.25) is 9.89 Å². The molecule has 1 aromatic carbocycles. The summed E-state index contributed by atoms with van der Waals surface area (Å²) in [6.07, 6.45) is -4.84. The van der Waals surface area contributed by atoms with Gasteiger partial charge in [-0.15, -0.1) is 0 Å². The van der Waals surface area contributed by atoms with Crippen LogP contribution in [0.25, 0.3) is 0 Å². The van der Waals surface area contributed by atoms with Crippen molar-refractivity contribution in [1.82, 2.24) is 4.90 Å². The zero-order valence-electron chi connectivity index (χ0n) is 17.8. The molecule has 0 aliphatic carbocycles. The van der Waals surface area contributed by atoms with Crippen molar-refractivity contribution in [2.75, 3.05) is 7.05 Å². The van der Waals surface area contributed by atoms with Crippen molar-refractivity contribution >= 4 is 23.0 Å². The first kappa shape index (κ1) is 23.0. The average molecular weight is 441 g/mol. The van der Waals surface area contributed by atoms with E-state index in [1.165, 1.54) is 11.9 Å². The van der Waals surface area contributed by atoms with Gasteiger partial charge in [0, 0.05) is 7.05 Å². The number of ether oxygens (including phenoxy) is 3. The van der Waals surface area contributed by atoms with Crippen LogP contribution >= 0.6 is 11.8 Å². The first-order valence-corrected chi connectivity index (χ1v) is 10.8. The molecule has 2 heterocycles. The highest BCUT2D eigenvalue weighted by molar-refractivity contribution is 8.14. The van der Waals surface area contributed by atoms with Crippen LogP contribution < -0.4 is 0 Å². The Morgan fingerprint density at radius 1 is 1.37 bits per heavy atom. The fraction of sp³-hybridized carbons (Fsp3) is 0.619. The number of hydrogen-bond acceptors (Lipinski definition) is 7. The Bertz CT molecular complexity index is 770. The number of carbonyl (C=O) groups excluding carboxylic acids is 1. The summed E-state index contributed by atoms with van der Waals surface area (Å²) in [4.78, 5) is 18.0. The maximum Gasteiger partial charge on any atom is 0.416 e. The second-order valence-corrected chi connectivity index (χ2v) is 9.54. The third-order valence-electron chi connectivity index (χ3n) is 4.73. The summed E-state index contributed by atoms with van der Waals surface area (Å²) in [6, 6.07) is 8.57. The van der Waals surface area contributed by atoms with E-state index in [0.29, 0.717) is 5.17 Å². The molecular formula is C21H29FN2O5S. The van der Waals surface area contributed by atoms with Gasteiger partial charge < -0.3 is 19.3 Å². The fourth-order valence-electron chi connectivity index (χ4n) is 3.25. The van der Waals surface area contributed by atoms with Gasteiger partial charge >= 0.3 is 6.09 Å². The summed E-state index contributed by atoms with van der Waals surface area (Å²) >= 11 is 1.14. The van der Waals surface area contributed by atoms with E-state index in [1.54, 1.807) is 27.7 Å². The average Bonchev–Trinajstić information content (AvgIpc) is 3.10. The zero-order valence-corrected chi connectivity index (χ0v) is 18.6. The van der Waals surface area contributed by atoms with Gasteiger partial charge in [-0.25, -0.2) is 9.18 Å². The van der Waals surface area contributed by atoms with E-state index in [4.69, 9.17) is 14.2 Å². The van der Waals surface area contributed by atoms with E-state index in [0.717, 1.165) is 17.3 Å². The lowest BCUT2D eigenvalue weighted by molar-refractivity contribution is -0.188. The van der Waals surface area contributed by atoms with E-state index in [-0.39, 0.29) is 6.61 Å². The Balaban J connectivity index is 1.73. The van der Waals surface area contributed by atoms with Gasteiger partial charge in [-0.05, 0) is 33.3 Å². The molecule has 2 aliphatic heterocycles. The van der Waals surface area contributed by atoms with Crippen LogP contribution in [0.2, 0.25) is 0 Å². The summed E-state index contributed by atoms with van der Waals surface area (Å²) in [5.41, 5.74) is -0.420. The second-order valence-electron chi connectivity index (χ2n) is 8.47. The van der Waals surface area contributed by atoms with Gasteiger partial charge in [0.25, 0.3) is 0 Å². The highest BCUT2D eigenvalue weighted by atomic mass is 32.2. The van der Waals surface area contributed by atoms with E-state index in [1.807, 2.05) is 30.3 Å². The van der Waals surface area contributed by atoms with E-state index >= 15 is 4.39 Å². The fourth-order valence-corrected chi connectivity index (χ4v) is 4.40. The van der Waals surface area contributed by atoms with Crippen LogP contribution in [-0.4, -0.2) is 69.9 Å². The summed E-state index contributed by atoms with van der Waals surface area (Å²) in [5, 5.41) is 10.5. The summed E-state index contributed by atoms with van der Waals surface area (Å²) in [7, 11) is 1.53. The SMILES string of the molecule is CC(O)[C@H]1O[C@@H]2SC(N(C)C(=O)OC(C)(C)C)=N[C@@H]2[C@H](F)[C@@H]1OCc1ccccc1. The molecular weight excluding hydrogens is 411 g/mol. The molecule has 2 aliphatic rings. The lowest BCUT2D eigenvalue weighted by Gasteiger charge is -2.40. The smallest absolute Gasteiger partial charge is 0.416 e. The van der Waals surface area contributed by atoms with Gasteiger partial charge in [-0.2, -0.15) is 0 Å². The number of aliphatic hydroxyl groups excluding tert-OH is 1. The standard InChI is InChI=1S/C21H29FN2O5S/c1-12(25)16-17(27-11-13-9-7-6-8-10-13)14(22)15-18(28-16)30-19(23-15)24(5)20(26)29-21(2,3)4/h6-10,12,14-18,25H,11H2,1-5H3/t12?,14-,15+,16+,17-,18+/m0/s1. The number of alkyl halides is 1. The molecule has 0 bridgehead atoms. The molecule has 1 fully saturated rings. The van der Waals surface area contributed by atoms with Gasteiger partial charge in [0.2, 0.25) is 0 Å². The molecule has 1 aromatic rings. The minimum Gasteiger partial charge on any atom is -0.443 e. The van der Waals surface area contributed by atoms with Crippen molar-refractivity contribution in [3.63, 3.8) is 0 Å². The molecule has 30 heavy (non-hydrogen) atoms. The maximum absolute atomic E-state index is 15.5. The van der Waals surface area contributed by atoms with Crippen molar-refractivity contribution in [2.45, 2.75) is 75.9 Å². The summed E-state index contributed by atoms with van der Waals surface area (Å²) < 4.78 is 32.6. The molecule has 0 radical (unpaired) electrons. The number of amidine groups is 1. The van der Waals surface area contributed by atoms with Crippen LogP contribution in [0, 0.1) is 0 Å². The molecule has 1 saturated heterocycles. The second kappa shape index (κ2) is 9.21. The monoisotopic (exact) mass is 440 g/mol. The van der Waals surface area contributed by atoms with Crippen molar-refractivity contribution in [1.29, 1.82) is 0 Å². The first-order chi connectivity index (χ1) is 14.1. The van der Waals surface area contributed by atoms with Crippen LogP contribution in [0.15, 0.2) is 35.3 Å². The normalized spacial score (nSPS) is 29.7. The topological polar surface area (TPSA) is 80.6 Å². The van der Waals surface area contributed by atoms with Crippen molar-refractivity contribution in [2.24, 2.45) is 4.99 Å². The number of rotatable bonds is 4. The van der Waals surface area contributed by atoms with Crippen molar-refractivity contribution in [3.05, 3.63) is 35.9 Å². The molecule has 9 heteroatoms. The number of hydrogen-bond donors (Lipinski definition) is 1. The lowest BCUT2D eigenvalue weighted by atomic mass is 9.96. The Labute approximate surface area is 180 Å². The van der Waals surface area contributed by atoms with Crippen LogP contribution in [0.3, 0.4) is 0 Å². The number of fused-ring (bicyclic) bond motifs is 1. The predicted octanol–water partition coefficient (Wildman–Crippen LogP) is 3.35. The van der Waals surface area contributed by atoms with Gasteiger partial charge in [-0.1, -0.05) is 42.1 Å². The molecule has 6 atom stereocenters. The highest BCUT2D eigenvalue weighted by Crippen LogP contribution is 2.40. The molecule has 0 spiro atoms. The number of thioether (sulfide) groups is 1. The van der Waals surface area contributed by atoms with Crippen LogP contribution in [0.5, 0.6) is 0 Å². The zero-order chi connectivity index (χ0) is 22.1. The number of aliphatic imine (C=N–C) groups is 1. The molecule has 3 rings (SSSR count). The maximum atomic E-state index is 15.5. The minimum atomic E-state index is -1.50. The molecule has 7 nitrogen and oxygen atoms in total. The third kappa shape index (κ3) is 5.32. The van der Waals surface area contributed by atoms with Crippen LogP contribution in [0.4, 0.5) is 9.18 Å².